The van der Waals surface area contributed by atoms with Crippen LogP contribution in [0.3, 0.4) is 0 Å². The van der Waals surface area contributed by atoms with Crippen LogP contribution in [-0.4, -0.2) is 14.1 Å². The number of hydrogen-bond donors (Lipinski definition) is 0. The average Bonchev–Trinajstić information content (AvgIpc) is 2.77. The van der Waals surface area contributed by atoms with Gasteiger partial charge in [-0.25, -0.2) is 9.13 Å². The zero-order chi connectivity index (χ0) is 21.2. The second-order valence-corrected chi connectivity index (χ2v) is 7.81. The van der Waals surface area contributed by atoms with Crippen LogP contribution in [0.5, 0.6) is 0 Å². The van der Waals surface area contributed by atoms with Crippen LogP contribution in [0.15, 0.2) is 83.3 Å². The van der Waals surface area contributed by atoms with Crippen LogP contribution in [0.4, 0.5) is 17.2 Å². The van der Waals surface area contributed by atoms with E-state index in [0.29, 0.717) is 0 Å². The largest absolute Gasteiger partial charge is 0.378 e. The van der Waals surface area contributed by atoms with Gasteiger partial charge in [-0.3, -0.25) is 0 Å². The van der Waals surface area contributed by atoms with Crippen molar-refractivity contribution in [2.45, 2.75) is 45.7 Å². The summed E-state index contributed by atoms with van der Waals surface area (Å²) in [5, 5.41) is 8.91. The minimum Gasteiger partial charge on any atom is -0.378 e. The highest BCUT2D eigenvalue weighted by atomic mass is 15.2. The van der Waals surface area contributed by atoms with Crippen molar-refractivity contribution < 1.29 is 9.13 Å². The summed E-state index contributed by atoms with van der Waals surface area (Å²) in [5.41, 5.74) is 3.35. The SMILES string of the molecule is Cc1cccc[n+]1CCCCCC[n+]1ccccc1N=Nc1ccc(N(C)C)cc1. The van der Waals surface area contributed by atoms with E-state index >= 15 is 0 Å². The van der Waals surface area contributed by atoms with E-state index in [0.717, 1.165) is 36.7 Å². The first kappa shape index (κ1) is 21.6. The van der Waals surface area contributed by atoms with Crippen LogP contribution < -0.4 is 14.0 Å². The number of anilines is 1. The second kappa shape index (κ2) is 11.2. The molecule has 3 aromatic rings. The maximum absolute atomic E-state index is 4.49. The summed E-state index contributed by atoms with van der Waals surface area (Å²) in [5.74, 6) is 0.893. The Kier molecular flexibility index (Phi) is 8.07. The normalized spacial score (nSPS) is 11.2. The molecule has 0 aliphatic carbocycles. The Bertz CT molecular complexity index is 948. The number of benzene rings is 1. The van der Waals surface area contributed by atoms with Gasteiger partial charge in [0.1, 0.15) is 12.2 Å². The van der Waals surface area contributed by atoms with Crippen LogP contribution in [0.2, 0.25) is 0 Å². The molecule has 0 saturated carbocycles. The maximum Gasteiger partial charge on any atom is 0.350 e. The summed E-state index contributed by atoms with van der Waals surface area (Å²) in [6, 6.07) is 20.6. The predicted octanol–water partition coefficient (Wildman–Crippen LogP) is 5.31. The lowest BCUT2D eigenvalue weighted by atomic mass is 10.2. The summed E-state index contributed by atoms with van der Waals surface area (Å²) in [4.78, 5) is 2.08. The van der Waals surface area contributed by atoms with Gasteiger partial charge in [0, 0.05) is 51.3 Å². The van der Waals surface area contributed by atoms with E-state index in [2.05, 4.69) is 80.0 Å². The van der Waals surface area contributed by atoms with Gasteiger partial charge in [0.05, 0.1) is 17.9 Å². The van der Waals surface area contributed by atoms with Crippen molar-refractivity contribution in [3.63, 3.8) is 0 Å². The summed E-state index contributed by atoms with van der Waals surface area (Å²) < 4.78 is 4.52. The number of rotatable bonds is 10. The van der Waals surface area contributed by atoms with E-state index in [1.807, 2.05) is 38.4 Å². The quantitative estimate of drug-likeness (QED) is 0.257. The summed E-state index contributed by atoms with van der Waals surface area (Å²) >= 11 is 0. The molecule has 0 bridgehead atoms. The number of pyridine rings is 2. The highest BCUT2D eigenvalue weighted by Gasteiger charge is 2.09. The molecule has 0 spiro atoms. The van der Waals surface area contributed by atoms with Crippen LogP contribution >= 0.6 is 0 Å². The number of aromatic nitrogens is 2. The second-order valence-electron chi connectivity index (χ2n) is 7.81. The summed E-state index contributed by atoms with van der Waals surface area (Å²) in [6.07, 6.45) is 9.07. The molecule has 0 N–H and O–H groups in total. The third-order valence-corrected chi connectivity index (χ3v) is 5.27. The molecule has 3 rings (SSSR count). The smallest absolute Gasteiger partial charge is 0.350 e. The van der Waals surface area contributed by atoms with E-state index in [4.69, 9.17) is 0 Å². The van der Waals surface area contributed by atoms with E-state index in [1.165, 1.54) is 25.0 Å². The lowest BCUT2D eigenvalue weighted by Crippen LogP contribution is -2.36. The van der Waals surface area contributed by atoms with Gasteiger partial charge in [-0.05, 0) is 54.7 Å². The number of azo groups is 1. The van der Waals surface area contributed by atoms with E-state index in [1.54, 1.807) is 0 Å². The molecule has 0 saturated heterocycles. The fourth-order valence-electron chi connectivity index (χ4n) is 3.40. The zero-order valence-electron chi connectivity index (χ0n) is 18.4. The van der Waals surface area contributed by atoms with Crippen LogP contribution in [-0.2, 0) is 13.1 Å². The third kappa shape index (κ3) is 6.48. The van der Waals surface area contributed by atoms with Crippen molar-refractivity contribution in [2.75, 3.05) is 19.0 Å². The maximum atomic E-state index is 4.49. The first-order valence-electron chi connectivity index (χ1n) is 10.8. The van der Waals surface area contributed by atoms with Gasteiger partial charge < -0.3 is 4.90 Å². The average molecular weight is 404 g/mol. The lowest BCUT2D eigenvalue weighted by Gasteiger charge is -2.11. The molecule has 0 fully saturated rings. The van der Waals surface area contributed by atoms with Crippen molar-refractivity contribution in [1.82, 2.24) is 0 Å². The van der Waals surface area contributed by atoms with Gasteiger partial charge in [-0.1, -0.05) is 12.1 Å². The monoisotopic (exact) mass is 403 g/mol. The molecule has 0 aliphatic heterocycles. The van der Waals surface area contributed by atoms with Gasteiger partial charge >= 0.3 is 5.82 Å². The molecule has 0 amide bonds. The first-order valence-corrected chi connectivity index (χ1v) is 10.8. The van der Waals surface area contributed by atoms with Gasteiger partial charge in [0.25, 0.3) is 0 Å². The molecular weight excluding hydrogens is 370 g/mol. The summed E-state index contributed by atoms with van der Waals surface area (Å²) in [6.45, 7) is 4.22. The van der Waals surface area contributed by atoms with Gasteiger partial charge in [0.2, 0.25) is 0 Å². The summed E-state index contributed by atoms with van der Waals surface area (Å²) in [7, 11) is 4.07. The Balaban J connectivity index is 1.47. The zero-order valence-corrected chi connectivity index (χ0v) is 18.4. The van der Waals surface area contributed by atoms with E-state index in [9.17, 15) is 0 Å². The third-order valence-electron chi connectivity index (χ3n) is 5.27. The van der Waals surface area contributed by atoms with Crippen molar-refractivity contribution >= 4 is 17.2 Å². The van der Waals surface area contributed by atoms with Crippen molar-refractivity contribution in [3.05, 3.63) is 78.8 Å². The molecule has 5 nitrogen and oxygen atoms in total. The Hall–Kier alpha value is -3.08. The van der Waals surface area contributed by atoms with E-state index in [-0.39, 0.29) is 0 Å². The molecule has 2 heterocycles. The Morgan fingerprint density at radius 2 is 1.33 bits per heavy atom. The fraction of sp³-hybridized carbons (Fsp3) is 0.360. The molecular formula is C25H33N5+2. The molecule has 0 atom stereocenters. The number of aryl methyl sites for hydroxylation is 3. The molecule has 30 heavy (non-hydrogen) atoms. The first-order chi connectivity index (χ1) is 14.6. The minimum absolute atomic E-state index is 0.865. The molecule has 1 aromatic carbocycles. The Labute approximate surface area is 180 Å². The minimum atomic E-state index is 0.865. The van der Waals surface area contributed by atoms with Crippen LogP contribution in [0, 0.1) is 6.92 Å². The topological polar surface area (TPSA) is 35.7 Å². The van der Waals surface area contributed by atoms with Gasteiger partial charge in [-0.15, -0.1) is 0 Å². The molecule has 0 unspecified atom stereocenters. The molecule has 156 valence electrons. The highest BCUT2D eigenvalue weighted by Crippen LogP contribution is 2.20. The van der Waals surface area contributed by atoms with Crippen LogP contribution in [0.1, 0.15) is 31.4 Å². The number of nitrogens with zero attached hydrogens (tertiary/aromatic N) is 5. The molecule has 0 radical (unpaired) electrons. The predicted molar refractivity (Wildman–Crippen MR) is 121 cm³/mol. The number of hydrogen-bond acceptors (Lipinski definition) is 3. The fourth-order valence-corrected chi connectivity index (χ4v) is 3.40. The van der Waals surface area contributed by atoms with Crippen molar-refractivity contribution in [1.29, 1.82) is 0 Å². The Morgan fingerprint density at radius 1 is 0.700 bits per heavy atom. The number of unbranched alkanes of at least 4 members (excludes halogenated alkanes) is 3. The van der Waals surface area contributed by atoms with Crippen molar-refractivity contribution in [2.24, 2.45) is 10.2 Å². The molecule has 2 aromatic heterocycles. The van der Waals surface area contributed by atoms with Gasteiger partial charge in [-0.2, -0.15) is 0 Å². The standard InChI is InChI=1S/C25H33N5/c1-22-12-6-10-19-29(22)18-8-4-5-9-20-30-21-11-7-13-25(30)27-26-23-14-16-24(17-15-23)28(2)3/h6-7,10-17,19,21H,4-5,8-9,18,20H2,1-3H3/q+2. The highest BCUT2D eigenvalue weighted by molar-refractivity contribution is 5.51. The van der Waals surface area contributed by atoms with E-state index < -0.39 is 0 Å². The molecule has 0 aliphatic rings. The van der Waals surface area contributed by atoms with Gasteiger partial charge in [0.15, 0.2) is 11.9 Å². The van der Waals surface area contributed by atoms with Crippen LogP contribution in [0.25, 0.3) is 0 Å². The van der Waals surface area contributed by atoms with Crippen molar-refractivity contribution in [3.8, 4) is 0 Å². The lowest BCUT2D eigenvalue weighted by molar-refractivity contribution is -0.703. The molecule has 5 heteroatoms. The Morgan fingerprint density at radius 3 is 2.00 bits per heavy atom.